The molecule has 0 fully saturated rings. The second-order valence-electron chi connectivity index (χ2n) is 10.7. The van der Waals surface area contributed by atoms with Gasteiger partial charge in [-0.05, 0) is 49.1 Å². The van der Waals surface area contributed by atoms with Gasteiger partial charge >= 0.3 is 0 Å². The number of aromatic nitrogens is 2. The molecule has 2 atom stereocenters. The third-order valence-corrected chi connectivity index (χ3v) is 8.87. The van der Waals surface area contributed by atoms with Crippen molar-refractivity contribution in [2.24, 2.45) is 5.92 Å². The van der Waals surface area contributed by atoms with Gasteiger partial charge in [-0.3, -0.25) is 4.79 Å². The number of aryl methyl sites for hydroxylation is 1. The van der Waals surface area contributed by atoms with Crippen LogP contribution in [0.4, 0.5) is 6.01 Å². The van der Waals surface area contributed by atoms with Gasteiger partial charge in [0.25, 0.3) is 11.9 Å². The van der Waals surface area contributed by atoms with Gasteiger partial charge in [0.2, 0.25) is 10.0 Å². The number of rotatable bonds is 11. The first-order chi connectivity index (χ1) is 20.0. The van der Waals surface area contributed by atoms with E-state index in [1.807, 2.05) is 44.2 Å². The van der Waals surface area contributed by atoms with Crippen LogP contribution in [0.2, 0.25) is 0 Å². The number of carbonyl (C=O) groups is 1. The monoisotopic (exact) mass is 591 g/mol. The van der Waals surface area contributed by atoms with Crippen LogP contribution < -0.4 is 11.1 Å². The molecule has 11 nitrogen and oxygen atoms in total. The number of nitrogen functional groups attached to an aromatic ring is 1. The number of benzene rings is 3. The molecule has 0 spiro atoms. The molecule has 2 aromatic heterocycles. The second kappa shape index (κ2) is 11.9. The molecule has 0 aliphatic heterocycles. The number of nitrogens with two attached hydrogens (primary N) is 1. The van der Waals surface area contributed by atoms with Gasteiger partial charge in [0.05, 0.1) is 17.0 Å². The highest BCUT2D eigenvalue weighted by Gasteiger charge is 2.32. The Morgan fingerprint density at radius 1 is 1.07 bits per heavy atom. The van der Waals surface area contributed by atoms with Crippen molar-refractivity contribution in [3.8, 4) is 0 Å². The van der Waals surface area contributed by atoms with Crippen LogP contribution in [0.5, 0.6) is 0 Å². The van der Waals surface area contributed by atoms with Crippen LogP contribution in [-0.2, 0) is 16.4 Å². The number of sulfonamides is 1. The number of oxazole rings is 2. The molecule has 0 bridgehead atoms. The summed E-state index contributed by atoms with van der Waals surface area (Å²) in [6.45, 7) is 5.43. The van der Waals surface area contributed by atoms with Crippen LogP contribution in [0.3, 0.4) is 0 Å². The highest BCUT2D eigenvalue weighted by atomic mass is 32.2. The standard InChI is InChI=1S/C30H33N5O6S/c1-18(2)15-35(42(38,39)21-9-11-23-27(14-21)41-30(31)34-23)16-26(36)25(13-20-7-5-4-6-8-20)33-29(37)22-10-12-24-28(19(22)3)40-17-32-24/h4-12,14,17-18,25-26,36H,13,15-16H2,1-3H3,(H2,31,34)(H,33,37). The van der Waals surface area contributed by atoms with Crippen molar-refractivity contribution in [3.63, 3.8) is 0 Å². The molecular formula is C30H33N5O6S. The molecular weight excluding hydrogens is 558 g/mol. The molecule has 42 heavy (non-hydrogen) atoms. The van der Waals surface area contributed by atoms with Crippen LogP contribution >= 0.6 is 0 Å². The molecule has 0 saturated heterocycles. The third kappa shape index (κ3) is 6.15. The van der Waals surface area contributed by atoms with E-state index >= 15 is 0 Å². The molecule has 5 aromatic rings. The predicted molar refractivity (Wildman–Crippen MR) is 158 cm³/mol. The number of hydrogen-bond donors (Lipinski definition) is 3. The van der Waals surface area contributed by atoms with Crippen LogP contribution in [0.1, 0.15) is 35.3 Å². The quantitative estimate of drug-likeness (QED) is 0.206. The maximum Gasteiger partial charge on any atom is 0.292 e. The Bertz CT molecular complexity index is 1820. The second-order valence-corrected chi connectivity index (χ2v) is 12.6. The molecule has 0 saturated carbocycles. The minimum atomic E-state index is -4.07. The van der Waals surface area contributed by atoms with Crippen LogP contribution in [0.25, 0.3) is 22.2 Å². The number of hydrogen-bond acceptors (Lipinski definition) is 9. The summed E-state index contributed by atoms with van der Waals surface area (Å²) in [4.78, 5) is 21.6. The van der Waals surface area contributed by atoms with Gasteiger partial charge in [-0.15, -0.1) is 0 Å². The van der Waals surface area contributed by atoms with Gasteiger partial charge in [-0.25, -0.2) is 13.4 Å². The molecule has 4 N–H and O–H groups in total. The Morgan fingerprint density at radius 3 is 2.55 bits per heavy atom. The Kier molecular flexibility index (Phi) is 8.30. The highest BCUT2D eigenvalue weighted by Crippen LogP contribution is 2.25. The lowest BCUT2D eigenvalue weighted by atomic mass is 9.99. The zero-order valence-electron chi connectivity index (χ0n) is 23.5. The maximum atomic E-state index is 13.8. The first-order valence-corrected chi connectivity index (χ1v) is 15.0. The number of carbonyl (C=O) groups excluding carboxylic acids is 1. The lowest BCUT2D eigenvalue weighted by Crippen LogP contribution is -2.51. The van der Waals surface area contributed by atoms with E-state index in [0.29, 0.717) is 27.7 Å². The van der Waals surface area contributed by atoms with Crippen molar-refractivity contribution in [2.45, 2.75) is 44.2 Å². The molecule has 12 heteroatoms. The number of amides is 1. The minimum absolute atomic E-state index is 0.0152. The van der Waals surface area contributed by atoms with Crippen molar-refractivity contribution < 1.29 is 27.2 Å². The van der Waals surface area contributed by atoms with E-state index in [9.17, 15) is 18.3 Å². The fraction of sp³-hybridized carbons (Fsp3) is 0.300. The number of aliphatic hydroxyl groups excluding tert-OH is 1. The summed E-state index contributed by atoms with van der Waals surface area (Å²) in [7, 11) is -4.07. The predicted octanol–water partition coefficient (Wildman–Crippen LogP) is 3.91. The summed E-state index contributed by atoms with van der Waals surface area (Å²) >= 11 is 0. The zero-order valence-corrected chi connectivity index (χ0v) is 24.3. The van der Waals surface area contributed by atoms with Gasteiger partial charge in [-0.1, -0.05) is 44.2 Å². The Hall–Kier alpha value is -4.26. The van der Waals surface area contributed by atoms with Crippen LogP contribution in [0.15, 0.2) is 80.8 Å². The van der Waals surface area contributed by atoms with E-state index in [1.54, 1.807) is 19.1 Å². The van der Waals surface area contributed by atoms with E-state index in [2.05, 4.69) is 15.3 Å². The summed E-state index contributed by atoms with van der Waals surface area (Å²) in [6.07, 6.45) is 0.345. The van der Waals surface area contributed by atoms with E-state index in [0.717, 1.165) is 5.56 Å². The van der Waals surface area contributed by atoms with E-state index in [4.69, 9.17) is 14.6 Å². The zero-order chi connectivity index (χ0) is 30.0. The molecule has 2 unspecified atom stereocenters. The van der Waals surface area contributed by atoms with Gasteiger partial charge in [0.1, 0.15) is 11.0 Å². The smallest absolute Gasteiger partial charge is 0.292 e. The number of nitrogens with zero attached hydrogens (tertiary/aromatic N) is 3. The topological polar surface area (TPSA) is 165 Å². The summed E-state index contributed by atoms with van der Waals surface area (Å²) < 4.78 is 39.7. The van der Waals surface area contributed by atoms with Gasteiger partial charge in [0.15, 0.2) is 17.6 Å². The summed E-state index contributed by atoms with van der Waals surface area (Å²) in [6, 6.07) is 16.2. The average Bonchev–Trinajstić information content (AvgIpc) is 3.58. The van der Waals surface area contributed by atoms with Gasteiger partial charge < -0.3 is 25.0 Å². The molecule has 1 amide bonds. The molecule has 5 rings (SSSR count). The number of anilines is 1. The van der Waals surface area contributed by atoms with Gasteiger partial charge in [0, 0.05) is 30.3 Å². The highest BCUT2D eigenvalue weighted by molar-refractivity contribution is 7.89. The Labute approximate surface area is 243 Å². The van der Waals surface area contributed by atoms with Crippen LogP contribution in [0, 0.1) is 12.8 Å². The Balaban J connectivity index is 1.44. The largest absolute Gasteiger partial charge is 0.443 e. The molecule has 220 valence electrons. The minimum Gasteiger partial charge on any atom is -0.443 e. The third-order valence-electron chi connectivity index (χ3n) is 7.05. The average molecular weight is 592 g/mol. The molecule has 2 heterocycles. The lowest BCUT2D eigenvalue weighted by molar-refractivity contribution is 0.0775. The van der Waals surface area contributed by atoms with Crippen molar-refractivity contribution in [1.29, 1.82) is 0 Å². The number of fused-ring (bicyclic) bond motifs is 2. The van der Waals surface area contributed by atoms with Gasteiger partial charge in [-0.2, -0.15) is 9.29 Å². The molecule has 0 radical (unpaired) electrons. The normalized spacial score (nSPS) is 13.7. The molecule has 0 aliphatic rings. The fourth-order valence-corrected chi connectivity index (χ4v) is 6.59. The van der Waals surface area contributed by atoms with E-state index < -0.39 is 28.1 Å². The number of nitrogens with one attached hydrogen (secondary N) is 1. The van der Waals surface area contributed by atoms with Crippen molar-refractivity contribution >= 4 is 44.1 Å². The first kappa shape index (κ1) is 29.2. The number of aliphatic hydroxyl groups is 1. The van der Waals surface area contributed by atoms with Crippen molar-refractivity contribution in [3.05, 3.63) is 83.7 Å². The summed E-state index contributed by atoms with van der Waals surface area (Å²) in [5.41, 5.74) is 9.30. The van der Waals surface area contributed by atoms with E-state index in [1.165, 1.54) is 28.9 Å². The molecule has 3 aromatic carbocycles. The van der Waals surface area contributed by atoms with Crippen LogP contribution in [-0.4, -0.2) is 58.9 Å². The Morgan fingerprint density at radius 2 is 1.81 bits per heavy atom. The molecule has 0 aliphatic carbocycles. The van der Waals surface area contributed by atoms with Crippen molar-refractivity contribution in [2.75, 3.05) is 18.8 Å². The maximum absolute atomic E-state index is 13.8. The summed E-state index contributed by atoms with van der Waals surface area (Å²) in [5.74, 6) is -0.465. The van der Waals surface area contributed by atoms with Crippen molar-refractivity contribution in [1.82, 2.24) is 19.6 Å². The fourth-order valence-electron chi connectivity index (χ4n) is 4.95. The van der Waals surface area contributed by atoms with E-state index in [-0.39, 0.29) is 41.9 Å². The lowest BCUT2D eigenvalue weighted by Gasteiger charge is -2.31. The SMILES string of the molecule is Cc1c(C(=O)NC(Cc2ccccc2)C(O)CN(CC(C)C)S(=O)(=O)c2ccc3nc(N)oc3c2)ccc2ncoc12. The summed E-state index contributed by atoms with van der Waals surface area (Å²) in [5, 5.41) is 14.5. The first-order valence-electron chi connectivity index (χ1n) is 13.5.